The largest absolute Gasteiger partial charge is 0.361 e. The number of hydrogen-bond donors (Lipinski definition) is 2. The van der Waals surface area contributed by atoms with Gasteiger partial charge in [0.05, 0.1) is 0 Å². The summed E-state index contributed by atoms with van der Waals surface area (Å²) < 4.78 is 1.72. The van der Waals surface area contributed by atoms with Crippen LogP contribution in [0.1, 0.15) is 12.0 Å². The minimum atomic E-state index is 0.557. The first-order valence-electron chi connectivity index (χ1n) is 7.51. The molecule has 0 amide bonds. The first-order valence-corrected chi connectivity index (χ1v) is 9.28. The Kier molecular flexibility index (Phi) is 7.77. The van der Waals surface area contributed by atoms with Crippen LogP contribution in [-0.4, -0.2) is 52.1 Å². The van der Waals surface area contributed by atoms with Crippen LogP contribution in [0.3, 0.4) is 0 Å². The SMILES string of the molecule is CN(C)CCCNC(=S)Nn1cnnc1SCc1ccc(Cl)cc1. The molecule has 0 radical (unpaired) electrons. The van der Waals surface area contributed by atoms with Gasteiger partial charge in [-0.05, 0) is 57.0 Å². The predicted octanol–water partition coefficient (Wildman–Crippen LogP) is 2.59. The number of nitrogens with one attached hydrogen (secondary N) is 2. The Morgan fingerprint density at radius 1 is 1.33 bits per heavy atom. The number of aromatic nitrogens is 3. The van der Waals surface area contributed by atoms with Crippen molar-refractivity contribution in [3.8, 4) is 0 Å². The average Bonchev–Trinajstić information content (AvgIpc) is 2.98. The van der Waals surface area contributed by atoms with Gasteiger partial charge in [-0.1, -0.05) is 35.5 Å². The fourth-order valence-electron chi connectivity index (χ4n) is 1.87. The maximum atomic E-state index is 5.90. The molecule has 0 bridgehead atoms. The number of thioether (sulfide) groups is 1. The maximum Gasteiger partial charge on any atom is 0.210 e. The van der Waals surface area contributed by atoms with Crippen LogP contribution in [-0.2, 0) is 5.75 Å². The molecule has 1 aromatic carbocycles. The van der Waals surface area contributed by atoms with Gasteiger partial charge >= 0.3 is 0 Å². The van der Waals surface area contributed by atoms with E-state index < -0.39 is 0 Å². The summed E-state index contributed by atoms with van der Waals surface area (Å²) in [6, 6.07) is 7.77. The molecular weight excluding hydrogens is 364 g/mol. The van der Waals surface area contributed by atoms with Crippen LogP contribution in [0.15, 0.2) is 35.7 Å². The lowest BCUT2D eigenvalue weighted by Gasteiger charge is -2.13. The van der Waals surface area contributed by atoms with Crippen molar-refractivity contribution >= 4 is 40.7 Å². The van der Waals surface area contributed by atoms with Gasteiger partial charge in [0.2, 0.25) is 5.16 Å². The number of thiocarbonyl (C=S) groups is 1. The van der Waals surface area contributed by atoms with E-state index in [0.717, 1.165) is 35.4 Å². The van der Waals surface area contributed by atoms with E-state index in [-0.39, 0.29) is 0 Å². The molecule has 0 aliphatic carbocycles. The first-order chi connectivity index (χ1) is 11.5. The quantitative estimate of drug-likeness (QED) is 0.412. The number of hydrogen-bond acceptors (Lipinski definition) is 5. The topological polar surface area (TPSA) is 58.0 Å². The lowest BCUT2D eigenvalue weighted by atomic mass is 10.2. The summed E-state index contributed by atoms with van der Waals surface area (Å²) in [7, 11) is 4.11. The predicted molar refractivity (Wildman–Crippen MR) is 104 cm³/mol. The van der Waals surface area contributed by atoms with Crippen molar-refractivity contribution in [1.29, 1.82) is 0 Å². The van der Waals surface area contributed by atoms with Crippen molar-refractivity contribution in [1.82, 2.24) is 25.1 Å². The number of benzene rings is 1. The van der Waals surface area contributed by atoms with Gasteiger partial charge in [0.1, 0.15) is 6.33 Å². The van der Waals surface area contributed by atoms with Crippen molar-refractivity contribution in [3.63, 3.8) is 0 Å². The van der Waals surface area contributed by atoms with E-state index in [1.54, 1.807) is 22.8 Å². The highest BCUT2D eigenvalue weighted by atomic mass is 35.5. The molecule has 0 aliphatic rings. The van der Waals surface area contributed by atoms with Gasteiger partial charge in [0.25, 0.3) is 0 Å². The fraction of sp³-hybridized carbons (Fsp3) is 0.400. The molecule has 0 aliphatic heterocycles. The van der Waals surface area contributed by atoms with Gasteiger partial charge in [-0.25, -0.2) is 4.68 Å². The number of rotatable bonds is 8. The Morgan fingerprint density at radius 3 is 2.79 bits per heavy atom. The molecule has 1 aromatic heterocycles. The molecular formula is C15H21ClN6S2. The van der Waals surface area contributed by atoms with Crippen molar-refractivity contribution < 1.29 is 0 Å². The van der Waals surface area contributed by atoms with Gasteiger partial charge in [-0.2, -0.15) is 0 Å². The Morgan fingerprint density at radius 2 is 2.08 bits per heavy atom. The molecule has 6 nitrogen and oxygen atoms in total. The van der Waals surface area contributed by atoms with Crippen LogP contribution >= 0.6 is 35.6 Å². The lowest BCUT2D eigenvalue weighted by Crippen LogP contribution is -2.35. The zero-order chi connectivity index (χ0) is 17.4. The molecule has 24 heavy (non-hydrogen) atoms. The van der Waals surface area contributed by atoms with Gasteiger partial charge in [0.15, 0.2) is 5.11 Å². The summed E-state index contributed by atoms with van der Waals surface area (Å²) in [5.41, 5.74) is 4.25. The summed E-state index contributed by atoms with van der Waals surface area (Å²) in [6.07, 6.45) is 2.63. The monoisotopic (exact) mass is 384 g/mol. The van der Waals surface area contributed by atoms with Crippen LogP contribution in [0.5, 0.6) is 0 Å². The van der Waals surface area contributed by atoms with E-state index in [9.17, 15) is 0 Å². The third-order valence-electron chi connectivity index (χ3n) is 3.09. The van der Waals surface area contributed by atoms with E-state index in [1.165, 1.54) is 5.56 Å². The standard InChI is InChI=1S/C15H21ClN6S2/c1-21(2)9-3-8-17-14(23)20-22-11-18-19-15(22)24-10-12-4-6-13(16)7-5-12/h4-7,11H,3,8-10H2,1-2H3,(H2,17,20,23). The summed E-state index contributed by atoms with van der Waals surface area (Å²) in [6.45, 7) is 1.84. The Labute approximate surface area is 156 Å². The molecule has 9 heteroatoms. The van der Waals surface area contributed by atoms with Crippen LogP contribution in [0.2, 0.25) is 5.02 Å². The van der Waals surface area contributed by atoms with E-state index in [0.29, 0.717) is 5.11 Å². The molecule has 0 spiro atoms. The third-order valence-corrected chi connectivity index (χ3v) is 4.59. The van der Waals surface area contributed by atoms with E-state index in [1.807, 2.05) is 24.3 Å². The average molecular weight is 385 g/mol. The zero-order valence-corrected chi connectivity index (χ0v) is 16.1. The second-order valence-electron chi connectivity index (χ2n) is 5.42. The van der Waals surface area contributed by atoms with E-state index in [2.05, 4.69) is 39.9 Å². The third kappa shape index (κ3) is 6.64. The normalized spacial score (nSPS) is 10.8. The second kappa shape index (κ2) is 9.83. The summed E-state index contributed by atoms with van der Waals surface area (Å²) >= 11 is 12.8. The van der Waals surface area contributed by atoms with Crippen molar-refractivity contribution in [2.24, 2.45) is 0 Å². The summed E-state index contributed by atoms with van der Waals surface area (Å²) in [5.74, 6) is 0.778. The molecule has 0 atom stereocenters. The van der Waals surface area contributed by atoms with Gasteiger partial charge in [-0.15, -0.1) is 10.2 Å². The van der Waals surface area contributed by atoms with Crippen molar-refractivity contribution in [2.75, 3.05) is 32.6 Å². The Balaban J connectivity index is 1.79. The first kappa shape index (κ1) is 19.0. The molecule has 0 saturated heterocycles. The zero-order valence-electron chi connectivity index (χ0n) is 13.7. The molecule has 130 valence electrons. The molecule has 0 unspecified atom stereocenters. The van der Waals surface area contributed by atoms with Crippen molar-refractivity contribution in [3.05, 3.63) is 41.2 Å². The maximum absolute atomic E-state index is 5.90. The molecule has 2 N–H and O–H groups in total. The van der Waals surface area contributed by atoms with Crippen LogP contribution < -0.4 is 10.7 Å². The lowest BCUT2D eigenvalue weighted by molar-refractivity contribution is 0.400. The highest BCUT2D eigenvalue weighted by Crippen LogP contribution is 2.21. The van der Waals surface area contributed by atoms with E-state index in [4.69, 9.17) is 23.8 Å². The van der Waals surface area contributed by atoms with Crippen LogP contribution in [0.25, 0.3) is 0 Å². The van der Waals surface area contributed by atoms with Gasteiger partial charge in [-0.3, -0.25) is 5.43 Å². The Bertz CT molecular complexity index is 644. The molecule has 0 fully saturated rings. The smallest absolute Gasteiger partial charge is 0.210 e. The van der Waals surface area contributed by atoms with Crippen molar-refractivity contribution in [2.45, 2.75) is 17.3 Å². The van der Waals surface area contributed by atoms with Gasteiger partial charge in [0, 0.05) is 17.3 Å². The highest BCUT2D eigenvalue weighted by molar-refractivity contribution is 7.98. The Hall–Kier alpha value is -1.35. The fourth-order valence-corrected chi connectivity index (χ4v) is 3.03. The number of nitrogens with zero attached hydrogens (tertiary/aromatic N) is 4. The minimum absolute atomic E-state index is 0.557. The highest BCUT2D eigenvalue weighted by Gasteiger charge is 2.07. The molecule has 2 aromatic rings. The molecule has 2 rings (SSSR count). The molecule has 1 heterocycles. The van der Waals surface area contributed by atoms with Gasteiger partial charge < -0.3 is 10.2 Å². The summed E-state index contributed by atoms with van der Waals surface area (Å²) in [4.78, 5) is 2.14. The minimum Gasteiger partial charge on any atom is -0.361 e. The summed E-state index contributed by atoms with van der Waals surface area (Å²) in [5, 5.41) is 13.3. The number of halogens is 1. The van der Waals surface area contributed by atoms with Crippen LogP contribution in [0, 0.1) is 0 Å². The second-order valence-corrected chi connectivity index (χ2v) is 7.21. The van der Waals surface area contributed by atoms with E-state index >= 15 is 0 Å². The van der Waals surface area contributed by atoms with Crippen LogP contribution in [0.4, 0.5) is 0 Å². The molecule has 0 saturated carbocycles.